The van der Waals surface area contributed by atoms with E-state index in [-0.39, 0.29) is 5.56 Å². The van der Waals surface area contributed by atoms with Gasteiger partial charge in [-0.15, -0.1) is 0 Å². The lowest BCUT2D eigenvalue weighted by Crippen LogP contribution is -2.08. The third kappa shape index (κ3) is 3.94. The number of thioether (sulfide) groups is 1. The Balaban J connectivity index is 1.87. The van der Waals surface area contributed by atoms with Gasteiger partial charge in [-0.2, -0.15) is 11.8 Å². The Labute approximate surface area is 116 Å². The van der Waals surface area contributed by atoms with Gasteiger partial charge in [0, 0.05) is 18.1 Å². The van der Waals surface area contributed by atoms with E-state index in [1.54, 1.807) is 17.8 Å². The minimum atomic E-state index is -0.643. The van der Waals surface area contributed by atoms with Crippen molar-refractivity contribution < 1.29 is 18.7 Å². The summed E-state index contributed by atoms with van der Waals surface area (Å²) in [6, 6.07) is 4.63. The molecular formula is C14H17FO3S. The van der Waals surface area contributed by atoms with Crippen LogP contribution in [0.3, 0.4) is 0 Å². The number of hydrogen-bond acceptors (Lipinski definition) is 4. The fourth-order valence-corrected chi connectivity index (χ4v) is 3.07. The van der Waals surface area contributed by atoms with E-state index in [1.165, 1.54) is 19.2 Å². The quantitative estimate of drug-likeness (QED) is 0.779. The Morgan fingerprint density at radius 2 is 2.42 bits per heavy atom. The molecule has 19 heavy (non-hydrogen) atoms. The van der Waals surface area contributed by atoms with Crippen LogP contribution < -0.4 is 0 Å². The number of methoxy groups -OCH3 is 1. The van der Waals surface area contributed by atoms with Gasteiger partial charge in [0.25, 0.3) is 0 Å². The predicted molar refractivity (Wildman–Crippen MR) is 72.9 cm³/mol. The third-order valence-electron chi connectivity index (χ3n) is 3.04. The summed E-state index contributed by atoms with van der Waals surface area (Å²) in [5.41, 5.74) is 0.850. The molecular weight excluding hydrogens is 267 g/mol. The maximum absolute atomic E-state index is 13.7. The molecule has 0 radical (unpaired) electrons. The fourth-order valence-electron chi connectivity index (χ4n) is 2.01. The smallest absolute Gasteiger partial charge is 0.340 e. The van der Waals surface area contributed by atoms with Crippen LogP contribution in [0.4, 0.5) is 4.39 Å². The number of ether oxygens (including phenoxy) is 2. The van der Waals surface area contributed by atoms with Crippen LogP contribution in [-0.2, 0) is 15.2 Å². The molecule has 0 spiro atoms. The Morgan fingerprint density at radius 3 is 3.05 bits per heavy atom. The maximum atomic E-state index is 13.7. The van der Waals surface area contributed by atoms with E-state index in [0.717, 1.165) is 36.5 Å². The molecule has 104 valence electrons. The maximum Gasteiger partial charge on any atom is 0.340 e. The molecule has 0 bridgehead atoms. The highest BCUT2D eigenvalue weighted by molar-refractivity contribution is 7.98. The van der Waals surface area contributed by atoms with Crippen molar-refractivity contribution in [2.24, 2.45) is 0 Å². The minimum Gasteiger partial charge on any atom is -0.465 e. The highest BCUT2D eigenvalue weighted by atomic mass is 32.2. The van der Waals surface area contributed by atoms with Crippen LogP contribution in [0.5, 0.6) is 0 Å². The highest BCUT2D eigenvalue weighted by Crippen LogP contribution is 2.21. The number of carbonyl (C=O) groups excluding carboxylic acids is 1. The normalized spacial score (nSPS) is 18.5. The van der Waals surface area contributed by atoms with Crippen LogP contribution in [-0.4, -0.2) is 31.5 Å². The third-order valence-corrected chi connectivity index (χ3v) is 4.18. The Morgan fingerprint density at radius 1 is 1.58 bits per heavy atom. The van der Waals surface area contributed by atoms with E-state index in [9.17, 15) is 9.18 Å². The SMILES string of the molecule is COC(=O)c1ccc(CSCC2CCCO2)cc1F. The van der Waals surface area contributed by atoms with E-state index in [4.69, 9.17) is 4.74 Å². The monoisotopic (exact) mass is 284 g/mol. The number of rotatable bonds is 5. The molecule has 0 aromatic heterocycles. The zero-order valence-corrected chi connectivity index (χ0v) is 11.7. The largest absolute Gasteiger partial charge is 0.465 e. The van der Waals surface area contributed by atoms with Crippen molar-refractivity contribution in [3.63, 3.8) is 0 Å². The van der Waals surface area contributed by atoms with E-state index in [0.29, 0.717) is 6.10 Å². The molecule has 1 aromatic rings. The van der Waals surface area contributed by atoms with E-state index in [2.05, 4.69) is 4.74 Å². The van der Waals surface area contributed by atoms with Crippen molar-refractivity contribution in [1.82, 2.24) is 0 Å². The summed E-state index contributed by atoms with van der Waals surface area (Å²) in [6.07, 6.45) is 2.58. The number of carbonyl (C=O) groups is 1. The van der Waals surface area contributed by atoms with Gasteiger partial charge in [0.05, 0.1) is 18.8 Å². The first-order chi connectivity index (χ1) is 9.20. The lowest BCUT2D eigenvalue weighted by molar-refractivity contribution is 0.0595. The molecule has 1 aromatic carbocycles. The van der Waals surface area contributed by atoms with Crippen LogP contribution >= 0.6 is 11.8 Å². The summed E-state index contributed by atoms with van der Waals surface area (Å²) >= 11 is 1.72. The second-order valence-electron chi connectivity index (χ2n) is 4.46. The Hall–Kier alpha value is -1.07. The van der Waals surface area contributed by atoms with Crippen molar-refractivity contribution in [3.05, 3.63) is 35.1 Å². The van der Waals surface area contributed by atoms with Crippen molar-refractivity contribution in [3.8, 4) is 0 Å². The van der Waals surface area contributed by atoms with Crippen LogP contribution in [0.15, 0.2) is 18.2 Å². The molecule has 2 rings (SSSR count). The molecule has 1 heterocycles. The molecule has 0 amide bonds. The van der Waals surface area contributed by atoms with Crippen LogP contribution in [0.1, 0.15) is 28.8 Å². The molecule has 1 aliphatic rings. The second-order valence-corrected chi connectivity index (χ2v) is 5.49. The van der Waals surface area contributed by atoms with Gasteiger partial charge in [0.2, 0.25) is 0 Å². The molecule has 1 aliphatic heterocycles. The van der Waals surface area contributed by atoms with E-state index < -0.39 is 11.8 Å². The molecule has 1 unspecified atom stereocenters. The minimum absolute atomic E-state index is 0.0182. The van der Waals surface area contributed by atoms with Crippen molar-refractivity contribution >= 4 is 17.7 Å². The van der Waals surface area contributed by atoms with Gasteiger partial charge >= 0.3 is 5.97 Å². The summed E-state index contributed by atoms with van der Waals surface area (Å²) in [5, 5.41) is 0. The average molecular weight is 284 g/mol. The number of benzene rings is 1. The highest BCUT2D eigenvalue weighted by Gasteiger charge is 2.16. The van der Waals surface area contributed by atoms with Crippen molar-refractivity contribution in [2.75, 3.05) is 19.5 Å². The van der Waals surface area contributed by atoms with E-state index >= 15 is 0 Å². The summed E-state index contributed by atoms with van der Waals surface area (Å²) in [5.74, 6) is 0.483. The molecule has 0 aliphatic carbocycles. The zero-order chi connectivity index (χ0) is 13.7. The second kappa shape index (κ2) is 6.91. The van der Waals surface area contributed by atoms with Crippen LogP contribution in [0.25, 0.3) is 0 Å². The summed E-state index contributed by atoms with van der Waals surface area (Å²) in [6.45, 7) is 0.855. The van der Waals surface area contributed by atoms with Gasteiger partial charge in [-0.3, -0.25) is 0 Å². The first-order valence-corrected chi connectivity index (χ1v) is 7.42. The molecule has 1 saturated heterocycles. The number of hydrogen-bond donors (Lipinski definition) is 0. The number of esters is 1. The summed E-state index contributed by atoms with van der Waals surface area (Å²) in [7, 11) is 1.24. The van der Waals surface area contributed by atoms with Crippen LogP contribution in [0.2, 0.25) is 0 Å². The summed E-state index contributed by atoms with van der Waals surface area (Å²) in [4.78, 5) is 11.2. The van der Waals surface area contributed by atoms with E-state index in [1.807, 2.05) is 0 Å². The molecule has 1 fully saturated rings. The van der Waals surface area contributed by atoms with Crippen molar-refractivity contribution in [2.45, 2.75) is 24.7 Å². The first kappa shape index (κ1) is 14.3. The molecule has 0 saturated carbocycles. The molecule has 0 N–H and O–H groups in total. The predicted octanol–water partition coefficient (Wildman–Crippen LogP) is 3.02. The van der Waals surface area contributed by atoms with Gasteiger partial charge in [-0.05, 0) is 30.5 Å². The zero-order valence-electron chi connectivity index (χ0n) is 10.9. The Kier molecular flexibility index (Phi) is 5.22. The van der Waals surface area contributed by atoms with Gasteiger partial charge in [-0.1, -0.05) is 6.07 Å². The lowest BCUT2D eigenvalue weighted by Gasteiger charge is -2.09. The summed E-state index contributed by atoms with van der Waals surface area (Å²) < 4.78 is 23.7. The molecule has 3 nitrogen and oxygen atoms in total. The topological polar surface area (TPSA) is 35.5 Å². The number of halogens is 1. The van der Waals surface area contributed by atoms with Gasteiger partial charge in [-0.25, -0.2) is 9.18 Å². The van der Waals surface area contributed by atoms with Crippen molar-refractivity contribution in [1.29, 1.82) is 0 Å². The first-order valence-electron chi connectivity index (χ1n) is 6.27. The lowest BCUT2D eigenvalue weighted by atomic mass is 10.1. The fraction of sp³-hybridized carbons (Fsp3) is 0.500. The molecule has 5 heteroatoms. The molecule has 1 atom stereocenters. The van der Waals surface area contributed by atoms with Gasteiger partial charge < -0.3 is 9.47 Å². The average Bonchev–Trinajstić information content (AvgIpc) is 2.91. The van der Waals surface area contributed by atoms with Gasteiger partial charge in [0.15, 0.2) is 0 Å². The Bertz CT molecular complexity index is 444. The standard InChI is InChI=1S/C14H17FO3S/c1-17-14(16)12-5-4-10(7-13(12)15)8-19-9-11-3-2-6-18-11/h4-5,7,11H,2-3,6,8-9H2,1H3. The van der Waals surface area contributed by atoms with Gasteiger partial charge in [0.1, 0.15) is 5.82 Å². The van der Waals surface area contributed by atoms with Crippen LogP contribution in [0, 0.1) is 5.82 Å².